The van der Waals surface area contributed by atoms with Crippen molar-refractivity contribution in [3.8, 4) is 5.75 Å². The van der Waals surface area contributed by atoms with Gasteiger partial charge in [0.25, 0.3) is 0 Å². The van der Waals surface area contributed by atoms with E-state index in [0.29, 0.717) is 0 Å². The summed E-state index contributed by atoms with van der Waals surface area (Å²) in [6.45, 7) is 8.50. The van der Waals surface area contributed by atoms with E-state index in [1.807, 2.05) is 25.6 Å². The number of rotatable bonds is 7. The molecule has 5 heteroatoms. The Morgan fingerprint density at radius 1 is 0.970 bits per heavy atom. The maximum Gasteiger partial charge on any atom is 0.165 e. The molecule has 0 saturated heterocycles. The molecule has 0 fully saturated rings. The lowest BCUT2D eigenvalue weighted by atomic mass is 9.73. The molecule has 2 aromatic rings. The standard InChI is InChI=1S/C18H28OS.C7H7FO.C2H6.CH4O/c1-3-5-11-18(12-6-4-2)14-20-16-10-8-7-9-15(16)13-17(18)19;1-9-7-5-3-2-4-6(7)8;2*1-2/h7-10,17,19H,3-6,11-14H2,1-2H3;2-5H,1H3;1-2H3;2H,1H3/t17-;;;/m1.../s1. The number of ether oxygens (including phenoxy) is 1. The van der Waals surface area contributed by atoms with E-state index in [4.69, 9.17) is 5.11 Å². The minimum absolute atomic E-state index is 0.121. The van der Waals surface area contributed by atoms with Gasteiger partial charge in [0.1, 0.15) is 0 Å². The van der Waals surface area contributed by atoms with Gasteiger partial charge in [-0.05, 0) is 36.6 Å². The summed E-state index contributed by atoms with van der Waals surface area (Å²) < 4.78 is 17.1. The number of methoxy groups -OCH3 is 1. The molecule has 0 unspecified atom stereocenters. The van der Waals surface area contributed by atoms with E-state index >= 15 is 0 Å². The molecule has 0 saturated carbocycles. The molecule has 2 aromatic carbocycles. The van der Waals surface area contributed by atoms with Gasteiger partial charge in [0, 0.05) is 29.6 Å². The zero-order valence-corrected chi connectivity index (χ0v) is 22.3. The molecule has 1 atom stereocenters. The molecule has 0 aromatic heterocycles. The van der Waals surface area contributed by atoms with Crippen molar-refractivity contribution in [1.82, 2.24) is 0 Å². The fourth-order valence-corrected chi connectivity index (χ4v) is 5.26. The van der Waals surface area contributed by atoms with Crippen LogP contribution in [0.4, 0.5) is 4.39 Å². The summed E-state index contributed by atoms with van der Waals surface area (Å²) in [6.07, 6.45) is 7.90. The van der Waals surface area contributed by atoms with Crippen molar-refractivity contribution in [2.75, 3.05) is 20.0 Å². The lowest BCUT2D eigenvalue weighted by Gasteiger charge is -2.37. The number of aliphatic hydroxyl groups excluding tert-OH is 2. The van der Waals surface area contributed by atoms with Gasteiger partial charge in [0.2, 0.25) is 0 Å². The van der Waals surface area contributed by atoms with Crippen molar-refractivity contribution in [2.24, 2.45) is 5.41 Å². The molecular formula is C28H45FO3S. The Labute approximate surface area is 205 Å². The second-order valence-corrected chi connectivity index (χ2v) is 8.84. The fraction of sp³-hybridized carbons (Fsp3) is 0.571. The van der Waals surface area contributed by atoms with Crippen LogP contribution in [-0.4, -0.2) is 36.3 Å². The Morgan fingerprint density at radius 2 is 1.52 bits per heavy atom. The van der Waals surface area contributed by atoms with Crippen LogP contribution in [0.25, 0.3) is 0 Å². The predicted molar refractivity (Wildman–Crippen MR) is 141 cm³/mol. The van der Waals surface area contributed by atoms with Crippen LogP contribution in [0.15, 0.2) is 53.4 Å². The van der Waals surface area contributed by atoms with E-state index < -0.39 is 0 Å². The number of hydrogen-bond donors (Lipinski definition) is 2. The summed E-state index contributed by atoms with van der Waals surface area (Å²) in [4.78, 5) is 1.38. The number of aliphatic hydroxyl groups is 2. The van der Waals surface area contributed by atoms with Crippen LogP contribution in [0.3, 0.4) is 0 Å². The average Bonchev–Trinajstić information content (AvgIpc) is 3.01. The monoisotopic (exact) mass is 480 g/mol. The number of para-hydroxylation sites is 1. The fourth-order valence-electron chi connectivity index (χ4n) is 3.83. The molecule has 3 nitrogen and oxygen atoms in total. The quantitative estimate of drug-likeness (QED) is 0.430. The van der Waals surface area contributed by atoms with Crippen LogP contribution in [0.5, 0.6) is 5.75 Å². The van der Waals surface area contributed by atoms with Gasteiger partial charge in [-0.2, -0.15) is 0 Å². The van der Waals surface area contributed by atoms with E-state index in [2.05, 4.69) is 42.8 Å². The van der Waals surface area contributed by atoms with Crippen molar-refractivity contribution < 1.29 is 19.3 Å². The molecule has 188 valence electrons. The third kappa shape index (κ3) is 10.5. The van der Waals surface area contributed by atoms with Crippen molar-refractivity contribution in [3.63, 3.8) is 0 Å². The Morgan fingerprint density at radius 3 is 2.03 bits per heavy atom. The second kappa shape index (κ2) is 18.8. The minimum Gasteiger partial charge on any atom is -0.494 e. The highest BCUT2D eigenvalue weighted by Crippen LogP contribution is 2.44. The van der Waals surface area contributed by atoms with Crippen LogP contribution in [0.2, 0.25) is 0 Å². The van der Waals surface area contributed by atoms with E-state index in [1.165, 1.54) is 62.2 Å². The van der Waals surface area contributed by atoms with Gasteiger partial charge in [-0.1, -0.05) is 83.7 Å². The topological polar surface area (TPSA) is 49.7 Å². The predicted octanol–water partition coefficient (Wildman–Crippen LogP) is 7.53. The average molecular weight is 481 g/mol. The largest absolute Gasteiger partial charge is 0.494 e. The van der Waals surface area contributed by atoms with Crippen molar-refractivity contribution in [3.05, 3.63) is 59.9 Å². The van der Waals surface area contributed by atoms with Crippen molar-refractivity contribution >= 4 is 11.8 Å². The van der Waals surface area contributed by atoms with Gasteiger partial charge < -0.3 is 14.9 Å². The van der Waals surface area contributed by atoms with Crippen LogP contribution < -0.4 is 4.74 Å². The molecule has 1 aliphatic rings. The minimum atomic E-state index is -0.319. The van der Waals surface area contributed by atoms with Gasteiger partial charge in [-0.3, -0.25) is 0 Å². The van der Waals surface area contributed by atoms with Gasteiger partial charge in [-0.25, -0.2) is 4.39 Å². The summed E-state index contributed by atoms with van der Waals surface area (Å²) in [5.74, 6) is 1.04. The molecule has 3 rings (SSSR count). The molecule has 1 aliphatic heterocycles. The number of fused-ring (bicyclic) bond motifs is 1. The van der Waals surface area contributed by atoms with Crippen LogP contribution in [0.1, 0.15) is 71.8 Å². The van der Waals surface area contributed by atoms with E-state index in [-0.39, 0.29) is 23.1 Å². The lowest BCUT2D eigenvalue weighted by Crippen LogP contribution is -2.38. The first-order valence-electron chi connectivity index (χ1n) is 12.2. The molecular weight excluding hydrogens is 435 g/mol. The van der Waals surface area contributed by atoms with Crippen LogP contribution in [-0.2, 0) is 6.42 Å². The highest BCUT2D eigenvalue weighted by atomic mass is 32.2. The maximum absolute atomic E-state index is 12.5. The third-order valence-corrected chi connectivity index (χ3v) is 7.15. The number of benzene rings is 2. The summed E-state index contributed by atoms with van der Waals surface area (Å²) in [6, 6.07) is 14.9. The molecule has 0 spiro atoms. The number of thioether (sulfide) groups is 1. The maximum atomic E-state index is 12.5. The molecule has 0 aliphatic carbocycles. The molecule has 33 heavy (non-hydrogen) atoms. The van der Waals surface area contributed by atoms with Crippen LogP contribution >= 0.6 is 11.8 Å². The summed E-state index contributed by atoms with van der Waals surface area (Å²) in [7, 11) is 2.44. The molecule has 0 radical (unpaired) electrons. The van der Waals surface area contributed by atoms with Gasteiger partial charge in [0.05, 0.1) is 13.2 Å². The molecule has 0 bridgehead atoms. The normalized spacial score (nSPS) is 15.7. The molecule has 1 heterocycles. The van der Waals surface area contributed by atoms with Crippen molar-refractivity contribution in [1.29, 1.82) is 0 Å². The second-order valence-electron chi connectivity index (χ2n) is 7.82. The van der Waals surface area contributed by atoms with Gasteiger partial charge in [0.15, 0.2) is 11.6 Å². The van der Waals surface area contributed by atoms with E-state index in [0.717, 1.165) is 19.3 Å². The molecule has 0 amide bonds. The lowest BCUT2D eigenvalue weighted by molar-refractivity contribution is 0.0259. The van der Waals surface area contributed by atoms with Crippen molar-refractivity contribution in [2.45, 2.75) is 83.6 Å². The first kappa shape index (κ1) is 31.4. The van der Waals surface area contributed by atoms with Gasteiger partial charge >= 0.3 is 0 Å². The smallest absolute Gasteiger partial charge is 0.165 e. The SMILES string of the molecule is CC.CCCCC1(CCCC)CSc2ccccc2C[C@H]1O.CO.COc1ccccc1F. The van der Waals surface area contributed by atoms with Crippen LogP contribution in [0, 0.1) is 11.2 Å². The number of halogens is 1. The zero-order chi connectivity index (χ0) is 25.1. The van der Waals surface area contributed by atoms with E-state index in [1.54, 1.807) is 18.2 Å². The first-order chi connectivity index (χ1) is 16.1. The van der Waals surface area contributed by atoms with Gasteiger partial charge in [-0.15, -0.1) is 11.8 Å². The van der Waals surface area contributed by atoms with E-state index in [9.17, 15) is 9.50 Å². The number of hydrogen-bond acceptors (Lipinski definition) is 4. The zero-order valence-electron chi connectivity index (χ0n) is 21.4. The number of unbranched alkanes of at least 4 members (excludes halogenated alkanes) is 2. The summed E-state index contributed by atoms with van der Waals surface area (Å²) in [5.41, 5.74) is 1.45. The Hall–Kier alpha value is -1.56. The Bertz CT molecular complexity index is 731. The summed E-state index contributed by atoms with van der Waals surface area (Å²) in [5, 5.41) is 17.9. The summed E-state index contributed by atoms with van der Waals surface area (Å²) >= 11 is 1.96. The Kier molecular flexibility index (Phi) is 17.9. The highest BCUT2D eigenvalue weighted by molar-refractivity contribution is 7.99. The third-order valence-electron chi connectivity index (χ3n) is 5.72. The Balaban J connectivity index is 0.000000658. The molecule has 2 N–H and O–H groups in total. The first-order valence-corrected chi connectivity index (χ1v) is 13.2. The highest BCUT2D eigenvalue weighted by Gasteiger charge is 2.39.